The van der Waals surface area contributed by atoms with Crippen molar-refractivity contribution in [3.05, 3.63) is 69.4 Å². The van der Waals surface area contributed by atoms with Crippen LogP contribution in [0.4, 0.5) is 4.39 Å². The third-order valence-corrected chi connectivity index (χ3v) is 6.03. The summed E-state index contributed by atoms with van der Waals surface area (Å²) in [6.45, 7) is 9.12. The lowest BCUT2D eigenvalue weighted by molar-refractivity contribution is -0.121. The van der Waals surface area contributed by atoms with Crippen molar-refractivity contribution in [1.29, 1.82) is 0 Å². The molecule has 2 aromatic carbocycles. The van der Waals surface area contributed by atoms with Crippen molar-refractivity contribution in [2.75, 3.05) is 32.7 Å². The van der Waals surface area contributed by atoms with E-state index in [0.29, 0.717) is 23.0 Å². The Labute approximate surface area is 181 Å². The second kappa shape index (κ2) is 10.9. The number of halogens is 2. The largest absolute Gasteiger partial charge is 0.352 e. The number of likely N-dealkylation sites (N-methyl/N-ethyl adjacent to an activating group) is 1. The number of hydrogen-bond donors (Lipinski definition) is 1. The quantitative estimate of drug-likeness (QED) is 0.645. The number of carbonyl (C=O) groups excluding carboxylic acids is 1. The van der Waals surface area contributed by atoms with Gasteiger partial charge in [0.05, 0.1) is 0 Å². The first-order valence-corrected chi connectivity index (χ1v) is 11.1. The first-order chi connectivity index (χ1) is 14.0. The molecule has 0 bridgehead atoms. The van der Waals surface area contributed by atoms with Gasteiger partial charge in [-0.15, -0.1) is 0 Å². The molecule has 4 nitrogen and oxygen atoms in total. The number of benzene rings is 2. The lowest BCUT2D eigenvalue weighted by atomic mass is 10.1. The van der Waals surface area contributed by atoms with Gasteiger partial charge in [-0.05, 0) is 41.8 Å². The van der Waals surface area contributed by atoms with Gasteiger partial charge in [0.25, 0.3) is 0 Å². The van der Waals surface area contributed by atoms with E-state index in [4.69, 9.17) is 0 Å². The summed E-state index contributed by atoms with van der Waals surface area (Å²) in [6.07, 6.45) is 0.675. The summed E-state index contributed by atoms with van der Waals surface area (Å²) < 4.78 is 14.6. The number of amides is 1. The van der Waals surface area contributed by atoms with Gasteiger partial charge in [-0.25, -0.2) is 4.39 Å². The molecule has 0 spiro atoms. The molecule has 1 amide bonds. The fourth-order valence-corrected chi connectivity index (χ4v) is 3.98. The molecule has 1 aliphatic rings. The van der Waals surface area contributed by atoms with Crippen LogP contribution in [0.2, 0.25) is 0 Å². The molecule has 0 aromatic heterocycles. The predicted octanol–water partition coefficient (Wildman–Crippen LogP) is 3.97. The van der Waals surface area contributed by atoms with E-state index in [2.05, 4.69) is 56.2 Å². The fraction of sp³-hybridized carbons (Fsp3) is 0.435. The molecule has 0 aliphatic carbocycles. The molecule has 156 valence electrons. The first kappa shape index (κ1) is 21.9. The normalized spacial score (nSPS) is 15.4. The van der Waals surface area contributed by atoms with E-state index in [1.54, 1.807) is 12.1 Å². The van der Waals surface area contributed by atoms with Crippen molar-refractivity contribution >= 4 is 21.8 Å². The van der Waals surface area contributed by atoms with E-state index in [9.17, 15) is 9.18 Å². The maximum Gasteiger partial charge on any atom is 0.220 e. The molecule has 0 radical (unpaired) electrons. The van der Waals surface area contributed by atoms with Gasteiger partial charge in [0.2, 0.25) is 5.91 Å². The minimum Gasteiger partial charge on any atom is -0.352 e. The van der Waals surface area contributed by atoms with Crippen molar-refractivity contribution in [3.8, 4) is 0 Å². The van der Waals surface area contributed by atoms with Gasteiger partial charge < -0.3 is 10.2 Å². The van der Waals surface area contributed by atoms with Crippen molar-refractivity contribution in [3.63, 3.8) is 0 Å². The molecule has 0 atom stereocenters. The van der Waals surface area contributed by atoms with Crippen molar-refractivity contribution in [2.45, 2.75) is 32.9 Å². The summed E-state index contributed by atoms with van der Waals surface area (Å²) in [7, 11) is 0. The molecular weight excluding hydrogens is 433 g/mol. The van der Waals surface area contributed by atoms with Gasteiger partial charge in [0.1, 0.15) is 5.82 Å². The second-order valence-corrected chi connectivity index (χ2v) is 8.41. The van der Waals surface area contributed by atoms with Crippen LogP contribution in [0.5, 0.6) is 0 Å². The average molecular weight is 462 g/mol. The van der Waals surface area contributed by atoms with E-state index >= 15 is 0 Å². The lowest BCUT2D eigenvalue weighted by Crippen LogP contribution is -2.45. The third kappa shape index (κ3) is 6.63. The fourth-order valence-electron chi connectivity index (χ4n) is 3.64. The Bertz CT molecular complexity index is 822. The predicted molar refractivity (Wildman–Crippen MR) is 118 cm³/mol. The molecule has 1 fully saturated rings. The maximum absolute atomic E-state index is 13.9. The van der Waals surface area contributed by atoms with Crippen molar-refractivity contribution < 1.29 is 9.18 Å². The van der Waals surface area contributed by atoms with E-state index in [1.807, 2.05) is 6.07 Å². The highest BCUT2D eigenvalue weighted by molar-refractivity contribution is 9.10. The minimum atomic E-state index is -0.277. The Kier molecular flexibility index (Phi) is 8.21. The Hall–Kier alpha value is -1.76. The number of hydrogen-bond acceptors (Lipinski definition) is 3. The molecule has 1 saturated heterocycles. The zero-order valence-electron chi connectivity index (χ0n) is 17.0. The Morgan fingerprint density at radius 2 is 1.72 bits per heavy atom. The van der Waals surface area contributed by atoms with E-state index in [0.717, 1.165) is 44.8 Å². The van der Waals surface area contributed by atoms with Crippen LogP contribution < -0.4 is 5.32 Å². The molecule has 3 rings (SSSR count). The SMILES string of the molecule is CCN1CCN(Cc2ccccc2CNC(=O)CCc2ccc(Br)cc2F)CC1. The van der Waals surface area contributed by atoms with Gasteiger partial charge in [-0.3, -0.25) is 9.69 Å². The van der Waals surface area contributed by atoms with Crippen LogP contribution in [0.3, 0.4) is 0 Å². The Balaban J connectivity index is 1.49. The van der Waals surface area contributed by atoms with Crippen LogP contribution in [0.15, 0.2) is 46.9 Å². The highest BCUT2D eigenvalue weighted by atomic mass is 79.9. The maximum atomic E-state index is 13.9. The second-order valence-electron chi connectivity index (χ2n) is 7.49. The molecule has 2 aromatic rings. The first-order valence-electron chi connectivity index (χ1n) is 10.3. The minimum absolute atomic E-state index is 0.0568. The zero-order valence-corrected chi connectivity index (χ0v) is 18.6. The van der Waals surface area contributed by atoms with Crippen LogP contribution >= 0.6 is 15.9 Å². The molecule has 0 unspecified atom stereocenters. The standard InChI is InChI=1S/C23H29BrFN3O/c1-2-27-11-13-28(14-12-27)17-20-6-4-3-5-19(20)16-26-23(29)10-8-18-7-9-21(24)15-22(18)25/h3-7,9,15H,2,8,10-14,16-17H2,1H3,(H,26,29). The van der Waals surface area contributed by atoms with Gasteiger partial charge in [-0.2, -0.15) is 0 Å². The zero-order chi connectivity index (χ0) is 20.6. The van der Waals surface area contributed by atoms with Gasteiger partial charge in [-0.1, -0.05) is 53.2 Å². The van der Waals surface area contributed by atoms with Crippen LogP contribution in [0.25, 0.3) is 0 Å². The summed E-state index contributed by atoms with van der Waals surface area (Å²) in [5.74, 6) is -0.334. The highest BCUT2D eigenvalue weighted by Gasteiger charge is 2.16. The van der Waals surface area contributed by atoms with Crippen LogP contribution in [0.1, 0.15) is 30.0 Å². The number of aryl methyl sites for hydroxylation is 1. The third-order valence-electron chi connectivity index (χ3n) is 5.54. The molecule has 6 heteroatoms. The van der Waals surface area contributed by atoms with Crippen molar-refractivity contribution in [2.24, 2.45) is 0 Å². The summed E-state index contributed by atoms with van der Waals surface area (Å²) >= 11 is 3.25. The highest BCUT2D eigenvalue weighted by Crippen LogP contribution is 2.17. The number of carbonyl (C=O) groups is 1. The van der Waals surface area contributed by atoms with Gasteiger partial charge >= 0.3 is 0 Å². The number of nitrogens with one attached hydrogen (secondary N) is 1. The molecule has 1 N–H and O–H groups in total. The van der Waals surface area contributed by atoms with Crippen LogP contribution in [-0.4, -0.2) is 48.4 Å². The number of rotatable bonds is 8. The summed E-state index contributed by atoms with van der Waals surface area (Å²) in [4.78, 5) is 17.2. The molecular formula is C23H29BrFN3O. The summed E-state index contributed by atoms with van der Waals surface area (Å²) in [5.41, 5.74) is 2.97. The molecule has 0 saturated carbocycles. The lowest BCUT2D eigenvalue weighted by Gasteiger charge is -2.34. The van der Waals surface area contributed by atoms with Crippen LogP contribution in [-0.2, 0) is 24.3 Å². The summed E-state index contributed by atoms with van der Waals surface area (Å²) in [6, 6.07) is 13.2. The molecule has 1 aliphatic heterocycles. The van der Waals surface area contributed by atoms with Gasteiger partial charge in [0, 0.05) is 50.2 Å². The number of nitrogens with zero attached hydrogens (tertiary/aromatic N) is 2. The Morgan fingerprint density at radius 3 is 2.41 bits per heavy atom. The van der Waals surface area contributed by atoms with Gasteiger partial charge in [0.15, 0.2) is 0 Å². The van der Waals surface area contributed by atoms with E-state index < -0.39 is 0 Å². The van der Waals surface area contributed by atoms with Crippen molar-refractivity contribution in [1.82, 2.24) is 15.1 Å². The van der Waals surface area contributed by atoms with Crippen LogP contribution in [0, 0.1) is 5.82 Å². The van der Waals surface area contributed by atoms with E-state index in [-0.39, 0.29) is 18.1 Å². The molecule has 29 heavy (non-hydrogen) atoms. The molecule has 1 heterocycles. The van der Waals surface area contributed by atoms with E-state index in [1.165, 1.54) is 11.6 Å². The monoisotopic (exact) mass is 461 g/mol. The smallest absolute Gasteiger partial charge is 0.220 e. The number of piperazine rings is 1. The Morgan fingerprint density at radius 1 is 1.03 bits per heavy atom. The topological polar surface area (TPSA) is 35.6 Å². The summed E-state index contributed by atoms with van der Waals surface area (Å²) in [5, 5.41) is 3.00. The average Bonchev–Trinajstić information content (AvgIpc) is 2.73.